The number of aliphatic hydroxyl groups excluding tert-OH is 1. The lowest BCUT2D eigenvalue weighted by Crippen LogP contribution is -2.43. The Morgan fingerprint density at radius 3 is 1.30 bits per heavy atom. The fourth-order valence-electron chi connectivity index (χ4n) is 7.47. The van der Waals surface area contributed by atoms with E-state index in [-0.39, 0.29) is 12.8 Å². The van der Waals surface area contributed by atoms with Crippen molar-refractivity contribution in [1.82, 2.24) is 5.32 Å². The van der Waals surface area contributed by atoms with Crippen molar-refractivity contribution in [2.45, 2.75) is 264 Å². The number of esters is 1. The largest absolute Gasteiger partial charge is 0.480 e. The lowest BCUT2D eigenvalue weighted by Gasteiger charge is -2.18. The van der Waals surface area contributed by atoms with E-state index in [1.54, 1.807) is 0 Å². The summed E-state index contributed by atoms with van der Waals surface area (Å²) < 4.78 is 26.9. The van der Waals surface area contributed by atoms with Gasteiger partial charge in [-0.15, -0.1) is 0 Å². The molecule has 0 saturated carbocycles. The zero-order chi connectivity index (χ0) is 46.3. The minimum atomic E-state index is -4.76. The number of ether oxygens (including phenoxy) is 1. The highest BCUT2D eigenvalue weighted by atomic mass is 31.2. The second kappa shape index (κ2) is 46.5. The average Bonchev–Trinajstić information content (AvgIpc) is 3.26. The zero-order valence-electron chi connectivity index (χ0n) is 40.4. The Balaban J connectivity index is 3.80. The van der Waals surface area contributed by atoms with Crippen LogP contribution in [0.5, 0.6) is 0 Å². The van der Waals surface area contributed by atoms with Gasteiger partial charge in [-0.3, -0.25) is 18.6 Å². The molecule has 0 aromatic carbocycles. The molecule has 12 heteroatoms. The summed E-state index contributed by atoms with van der Waals surface area (Å²) >= 11 is 0. The van der Waals surface area contributed by atoms with Crippen LogP contribution in [0.25, 0.3) is 0 Å². The number of hydrogen-bond donors (Lipinski definition) is 4. The molecule has 3 unspecified atom stereocenters. The number of allylic oxidation sites excluding steroid dienone is 4. The first-order valence-electron chi connectivity index (χ1n) is 25.9. The molecule has 0 aliphatic heterocycles. The van der Waals surface area contributed by atoms with E-state index in [0.717, 1.165) is 57.8 Å². The molecule has 0 aromatic rings. The number of hydrogen-bond acceptors (Lipinski definition) is 8. The number of carbonyl (C=O) groups is 3. The van der Waals surface area contributed by atoms with Crippen molar-refractivity contribution in [3.63, 3.8) is 0 Å². The number of rotatable bonds is 49. The number of carboxylic acids is 1. The molecule has 0 saturated heterocycles. The number of carboxylic acid groups (broad SMARTS) is 1. The third-order valence-electron chi connectivity index (χ3n) is 11.5. The van der Waals surface area contributed by atoms with E-state index in [1.165, 1.54) is 154 Å². The normalized spacial score (nSPS) is 13.7. The molecule has 0 heterocycles. The van der Waals surface area contributed by atoms with Crippen LogP contribution in [-0.4, -0.2) is 64.9 Å². The van der Waals surface area contributed by atoms with Gasteiger partial charge in [-0.1, -0.05) is 218 Å². The average molecular weight is 914 g/mol. The molecule has 0 spiro atoms. The van der Waals surface area contributed by atoms with Gasteiger partial charge in [0.15, 0.2) is 6.04 Å². The van der Waals surface area contributed by atoms with E-state index < -0.39 is 57.6 Å². The summed E-state index contributed by atoms with van der Waals surface area (Å²) in [6.45, 7) is 2.61. The summed E-state index contributed by atoms with van der Waals surface area (Å²) in [6.07, 6.45) is 50.6. The fourth-order valence-corrected chi connectivity index (χ4v) is 8.24. The van der Waals surface area contributed by atoms with Crippen LogP contribution in [0.1, 0.15) is 251 Å². The van der Waals surface area contributed by atoms with E-state index in [9.17, 15) is 34.1 Å². The lowest BCUT2D eigenvalue weighted by molar-refractivity contribution is -0.147. The van der Waals surface area contributed by atoms with Gasteiger partial charge in [-0.2, -0.15) is 0 Å². The van der Waals surface area contributed by atoms with Gasteiger partial charge in [0.25, 0.3) is 0 Å². The molecule has 11 nitrogen and oxygen atoms in total. The van der Waals surface area contributed by atoms with Gasteiger partial charge < -0.3 is 25.2 Å². The van der Waals surface area contributed by atoms with Crippen LogP contribution in [0.15, 0.2) is 24.3 Å². The Bertz CT molecular complexity index is 1160. The van der Waals surface area contributed by atoms with Crippen molar-refractivity contribution < 1.29 is 47.8 Å². The van der Waals surface area contributed by atoms with Gasteiger partial charge >= 0.3 is 19.8 Å². The van der Waals surface area contributed by atoms with E-state index in [0.29, 0.717) is 12.8 Å². The summed E-state index contributed by atoms with van der Waals surface area (Å²) in [7, 11) is -4.76. The van der Waals surface area contributed by atoms with Crippen molar-refractivity contribution in [3.05, 3.63) is 24.3 Å². The van der Waals surface area contributed by atoms with Gasteiger partial charge in [0, 0.05) is 12.8 Å². The van der Waals surface area contributed by atoms with Crippen molar-refractivity contribution in [3.8, 4) is 0 Å². The van der Waals surface area contributed by atoms with Crippen molar-refractivity contribution in [2.75, 3.05) is 19.8 Å². The maximum absolute atomic E-state index is 12.4. The molecule has 63 heavy (non-hydrogen) atoms. The van der Waals surface area contributed by atoms with Crippen LogP contribution < -0.4 is 5.32 Å². The Hall–Kier alpha value is -2.04. The first kappa shape index (κ1) is 61.0. The highest BCUT2D eigenvalue weighted by Gasteiger charge is 2.28. The number of nitrogens with one attached hydrogen (secondary N) is 1. The molecule has 0 aliphatic rings. The highest BCUT2D eigenvalue weighted by Crippen LogP contribution is 2.43. The zero-order valence-corrected chi connectivity index (χ0v) is 41.3. The van der Waals surface area contributed by atoms with Crippen LogP contribution in [0, 0.1) is 0 Å². The number of aliphatic hydroxyl groups is 1. The Morgan fingerprint density at radius 1 is 0.508 bits per heavy atom. The maximum Gasteiger partial charge on any atom is 0.472 e. The van der Waals surface area contributed by atoms with Crippen molar-refractivity contribution >= 4 is 25.7 Å². The quantitative estimate of drug-likeness (QED) is 0.0199. The number of phosphoric acid groups is 1. The van der Waals surface area contributed by atoms with Crippen LogP contribution in [-0.2, 0) is 32.7 Å². The van der Waals surface area contributed by atoms with Crippen molar-refractivity contribution in [1.29, 1.82) is 0 Å². The van der Waals surface area contributed by atoms with Crippen LogP contribution in [0.2, 0.25) is 0 Å². The number of phosphoric ester groups is 1. The van der Waals surface area contributed by atoms with Crippen LogP contribution >= 0.6 is 7.82 Å². The first-order valence-corrected chi connectivity index (χ1v) is 27.4. The number of unbranched alkanes of at least 4 members (excludes halogenated alkanes) is 31. The molecule has 0 bridgehead atoms. The SMILES string of the molecule is CCCCCC/C=C\C/C=C\CCCCCCCC(=O)OCC(O)COP(=O)(O)OCC(NC(=O)CCCCCCCCCCCCCCCCCCCCCCCCC)C(=O)O. The number of amides is 1. The molecule has 1 amide bonds. The molecule has 0 fully saturated rings. The lowest BCUT2D eigenvalue weighted by atomic mass is 10.0. The third-order valence-corrected chi connectivity index (χ3v) is 12.4. The maximum atomic E-state index is 12.4. The van der Waals surface area contributed by atoms with Crippen LogP contribution in [0.4, 0.5) is 0 Å². The summed E-state index contributed by atoms with van der Waals surface area (Å²) in [5, 5.41) is 21.9. The standard InChI is InChI=1S/C51H96NO10P/c1-3-5-7-9-11-13-15-17-19-21-22-23-24-25-26-27-28-30-32-34-36-38-40-42-49(54)52-48(51(56)57)46-62-63(58,59)61-45-47(53)44-60-50(55)43-41-39-37-35-33-31-29-20-18-16-14-12-10-8-6-4-2/h14,16,20,29,47-48,53H,3-13,15,17-19,21-28,30-46H2,1-2H3,(H,52,54)(H,56,57)(H,58,59)/b16-14-,29-20-. The minimum Gasteiger partial charge on any atom is -0.480 e. The Labute approximate surface area is 385 Å². The molecule has 0 aliphatic carbocycles. The smallest absolute Gasteiger partial charge is 0.472 e. The van der Waals surface area contributed by atoms with E-state index in [4.69, 9.17) is 13.8 Å². The molecule has 370 valence electrons. The molecular formula is C51H96NO10P. The Kier molecular flexibility index (Phi) is 45.0. The monoisotopic (exact) mass is 914 g/mol. The summed E-state index contributed by atoms with van der Waals surface area (Å²) in [4.78, 5) is 46.1. The highest BCUT2D eigenvalue weighted by molar-refractivity contribution is 7.47. The second-order valence-corrected chi connectivity index (χ2v) is 19.2. The first-order chi connectivity index (χ1) is 30.6. The van der Waals surface area contributed by atoms with Crippen molar-refractivity contribution in [2.24, 2.45) is 0 Å². The second-order valence-electron chi connectivity index (χ2n) is 17.7. The molecule has 0 aromatic heterocycles. The van der Waals surface area contributed by atoms with Gasteiger partial charge in [-0.05, 0) is 44.9 Å². The molecule has 3 atom stereocenters. The Morgan fingerprint density at radius 2 is 0.873 bits per heavy atom. The predicted octanol–water partition coefficient (Wildman–Crippen LogP) is 14.2. The van der Waals surface area contributed by atoms with Gasteiger partial charge in [0.05, 0.1) is 13.2 Å². The molecule has 0 radical (unpaired) electrons. The summed E-state index contributed by atoms with van der Waals surface area (Å²) in [5.74, 6) is -2.37. The summed E-state index contributed by atoms with van der Waals surface area (Å²) in [5.41, 5.74) is 0. The van der Waals surface area contributed by atoms with Gasteiger partial charge in [0.1, 0.15) is 12.7 Å². The summed E-state index contributed by atoms with van der Waals surface area (Å²) in [6, 6.07) is -1.55. The van der Waals surface area contributed by atoms with E-state index in [1.807, 2.05) is 0 Å². The third kappa shape index (κ3) is 46.3. The van der Waals surface area contributed by atoms with Gasteiger partial charge in [-0.25, -0.2) is 9.36 Å². The van der Waals surface area contributed by atoms with Crippen LogP contribution in [0.3, 0.4) is 0 Å². The number of carbonyl (C=O) groups excluding carboxylic acids is 2. The van der Waals surface area contributed by atoms with E-state index >= 15 is 0 Å². The molecule has 0 rings (SSSR count). The van der Waals surface area contributed by atoms with Gasteiger partial charge in [0.2, 0.25) is 5.91 Å². The molecular weight excluding hydrogens is 818 g/mol. The van der Waals surface area contributed by atoms with E-state index in [2.05, 4.69) is 43.5 Å². The topological polar surface area (TPSA) is 169 Å². The number of aliphatic carboxylic acids is 1. The fraction of sp³-hybridized carbons (Fsp3) is 0.863. The predicted molar refractivity (Wildman–Crippen MR) is 259 cm³/mol. The minimum absolute atomic E-state index is 0.150. The molecule has 4 N–H and O–H groups in total.